The lowest BCUT2D eigenvalue weighted by atomic mass is 10.1. The minimum Gasteiger partial charge on any atom is -0.0883 e. The van der Waals surface area contributed by atoms with Crippen molar-refractivity contribution in [2.45, 2.75) is 72.1 Å². The lowest BCUT2D eigenvalue weighted by molar-refractivity contribution is 0.609. The fourth-order valence-corrected chi connectivity index (χ4v) is 1.51. The molecular formula is C14H28. The predicted octanol–water partition coefficient (Wildman–Crippen LogP) is 5.34. The van der Waals surface area contributed by atoms with Gasteiger partial charge in [-0.1, -0.05) is 71.4 Å². The molecule has 0 aliphatic rings. The Kier molecular flexibility index (Phi) is 10.6. The summed E-state index contributed by atoms with van der Waals surface area (Å²) in [5.41, 5.74) is 0. The molecule has 1 unspecified atom stereocenters. The van der Waals surface area contributed by atoms with Gasteiger partial charge in [-0.3, -0.25) is 0 Å². The van der Waals surface area contributed by atoms with Crippen LogP contribution in [0.3, 0.4) is 0 Å². The molecule has 0 aliphatic carbocycles. The van der Waals surface area contributed by atoms with Crippen molar-refractivity contribution in [2.75, 3.05) is 0 Å². The maximum Gasteiger partial charge on any atom is -0.0265 e. The number of allylic oxidation sites excluding steroid dienone is 2. The third-order valence-electron chi connectivity index (χ3n) is 2.83. The van der Waals surface area contributed by atoms with Gasteiger partial charge in [0.2, 0.25) is 0 Å². The van der Waals surface area contributed by atoms with E-state index in [9.17, 15) is 0 Å². The van der Waals surface area contributed by atoms with E-state index in [4.69, 9.17) is 0 Å². The highest BCUT2D eigenvalue weighted by Crippen LogP contribution is 2.08. The van der Waals surface area contributed by atoms with Crippen LogP contribution in [0, 0.1) is 5.92 Å². The minimum atomic E-state index is 0.773. The van der Waals surface area contributed by atoms with Crippen molar-refractivity contribution in [3.63, 3.8) is 0 Å². The summed E-state index contributed by atoms with van der Waals surface area (Å²) in [4.78, 5) is 0. The Balaban J connectivity index is 3.09. The van der Waals surface area contributed by atoms with Crippen LogP contribution in [0.2, 0.25) is 0 Å². The molecule has 0 radical (unpaired) electrons. The maximum absolute atomic E-state index is 2.37. The van der Waals surface area contributed by atoms with E-state index in [0.29, 0.717) is 0 Å². The Bertz CT molecular complexity index is 124. The lowest BCUT2D eigenvalue weighted by Gasteiger charge is -2.00. The first-order valence-electron chi connectivity index (χ1n) is 6.47. The molecule has 0 N–H and O–H groups in total. The van der Waals surface area contributed by atoms with Crippen molar-refractivity contribution in [3.8, 4) is 0 Å². The van der Waals surface area contributed by atoms with Crippen LogP contribution < -0.4 is 0 Å². The number of hydrogen-bond acceptors (Lipinski definition) is 0. The highest BCUT2D eigenvalue weighted by molar-refractivity contribution is 4.85. The molecule has 0 bridgehead atoms. The normalized spacial score (nSPS) is 13.6. The van der Waals surface area contributed by atoms with E-state index in [-0.39, 0.29) is 0 Å². The summed E-state index contributed by atoms with van der Waals surface area (Å²) in [6.45, 7) is 6.81. The zero-order valence-electron chi connectivity index (χ0n) is 10.4. The van der Waals surface area contributed by atoms with Crippen molar-refractivity contribution in [3.05, 3.63) is 12.2 Å². The Morgan fingerprint density at radius 1 is 0.929 bits per heavy atom. The van der Waals surface area contributed by atoms with Crippen LogP contribution in [0.25, 0.3) is 0 Å². The molecular weight excluding hydrogens is 168 g/mol. The summed E-state index contributed by atoms with van der Waals surface area (Å²) >= 11 is 0. The highest BCUT2D eigenvalue weighted by atomic mass is 14.0. The van der Waals surface area contributed by atoms with Gasteiger partial charge in [0, 0.05) is 0 Å². The largest absolute Gasteiger partial charge is 0.0883 e. The summed E-state index contributed by atoms with van der Waals surface area (Å²) in [5.74, 6) is 0.773. The van der Waals surface area contributed by atoms with Gasteiger partial charge in [0.25, 0.3) is 0 Å². The van der Waals surface area contributed by atoms with Crippen LogP contribution in [0.4, 0.5) is 0 Å². The maximum atomic E-state index is 2.37. The van der Waals surface area contributed by atoms with Crippen molar-refractivity contribution in [1.29, 1.82) is 0 Å². The Labute approximate surface area is 90.8 Å². The van der Waals surface area contributed by atoms with E-state index in [1.54, 1.807) is 0 Å². The zero-order chi connectivity index (χ0) is 10.6. The van der Waals surface area contributed by atoms with Crippen molar-refractivity contribution >= 4 is 0 Å². The van der Waals surface area contributed by atoms with Crippen LogP contribution in [-0.2, 0) is 0 Å². The first-order valence-corrected chi connectivity index (χ1v) is 6.47. The molecule has 0 aromatic rings. The molecule has 0 rings (SSSR count). The van der Waals surface area contributed by atoms with Crippen molar-refractivity contribution < 1.29 is 0 Å². The van der Waals surface area contributed by atoms with Gasteiger partial charge in [-0.15, -0.1) is 0 Å². The number of hydrogen-bond donors (Lipinski definition) is 0. The van der Waals surface area contributed by atoms with E-state index >= 15 is 0 Å². The number of unbranched alkanes of at least 4 members (excludes halogenated alkanes) is 6. The van der Waals surface area contributed by atoms with Crippen LogP contribution in [-0.4, -0.2) is 0 Å². The topological polar surface area (TPSA) is 0 Å². The summed E-state index contributed by atoms with van der Waals surface area (Å²) in [6.07, 6.45) is 15.7. The van der Waals surface area contributed by atoms with E-state index in [1.165, 1.54) is 51.4 Å². The van der Waals surface area contributed by atoms with Gasteiger partial charge in [-0.25, -0.2) is 0 Å². The summed E-state index contributed by atoms with van der Waals surface area (Å²) in [5, 5.41) is 0. The van der Waals surface area contributed by atoms with Gasteiger partial charge in [-0.05, 0) is 18.8 Å². The second-order valence-electron chi connectivity index (χ2n) is 4.37. The molecule has 1 atom stereocenters. The highest BCUT2D eigenvalue weighted by Gasteiger charge is 1.90. The quantitative estimate of drug-likeness (QED) is 0.345. The van der Waals surface area contributed by atoms with Crippen LogP contribution >= 0.6 is 0 Å². The lowest BCUT2D eigenvalue weighted by Crippen LogP contribution is -1.84. The molecule has 0 heterocycles. The van der Waals surface area contributed by atoms with Gasteiger partial charge >= 0.3 is 0 Å². The molecule has 84 valence electrons. The minimum absolute atomic E-state index is 0.773. The Morgan fingerprint density at radius 2 is 1.57 bits per heavy atom. The summed E-state index contributed by atoms with van der Waals surface area (Å²) in [7, 11) is 0. The van der Waals surface area contributed by atoms with Gasteiger partial charge in [0.15, 0.2) is 0 Å². The molecule has 0 aliphatic heterocycles. The monoisotopic (exact) mass is 196 g/mol. The predicted molar refractivity (Wildman–Crippen MR) is 66.6 cm³/mol. The van der Waals surface area contributed by atoms with E-state index in [2.05, 4.69) is 32.9 Å². The number of rotatable bonds is 9. The third kappa shape index (κ3) is 9.83. The standard InChI is InChI=1S/C14H28/c1-4-6-7-8-9-10-11-12-13-14(3)5-2/h12-14H,4-11H2,1-3H3/b13-12+. The van der Waals surface area contributed by atoms with Crippen LogP contribution in [0.5, 0.6) is 0 Å². The van der Waals surface area contributed by atoms with Gasteiger partial charge in [0.05, 0.1) is 0 Å². The first-order chi connectivity index (χ1) is 6.81. The zero-order valence-corrected chi connectivity index (χ0v) is 10.4. The summed E-state index contributed by atoms with van der Waals surface area (Å²) in [6, 6.07) is 0. The summed E-state index contributed by atoms with van der Waals surface area (Å²) < 4.78 is 0. The molecule has 0 amide bonds. The van der Waals surface area contributed by atoms with E-state index in [1.807, 2.05) is 0 Å². The van der Waals surface area contributed by atoms with Crippen LogP contribution in [0.15, 0.2) is 12.2 Å². The molecule has 0 spiro atoms. The molecule has 0 aromatic carbocycles. The Hall–Kier alpha value is -0.260. The SMILES string of the molecule is CCCCCCCC/C=C/C(C)CC. The molecule has 0 saturated heterocycles. The molecule has 0 saturated carbocycles. The fraction of sp³-hybridized carbons (Fsp3) is 0.857. The average Bonchev–Trinajstić information content (AvgIpc) is 2.21. The molecule has 0 nitrogen and oxygen atoms in total. The molecule has 0 fully saturated rings. The third-order valence-corrected chi connectivity index (χ3v) is 2.83. The Morgan fingerprint density at radius 3 is 2.21 bits per heavy atom. The van der Waals surface area contributed by atoms with E-state index in [0.717, 1.165) is 5.92 Å². The second kappa shape index (κ2) is 10.8. The van der Waals surface area contributed by atoms with Crippen LogP contribution in [0.1, 0.15) is 72.1 Å². The van der Waals surface area contributed by atoms with E-state index < -0.39 is 0 Å². The van der Waals surface area contributed by atoms with Gasteiger partial charge < -0.3 is 0 Å². The molecule has 14 heavy (non-hydrogen) atoms. The van der Waals surface area contributed by atoms with Gasteiger partial charge in [-0.2, -0.15) is 0 Å². The fourth-order valence-electron chi connectivity index (χ4n) is 1.51. The van der Waals surface area contributed by atoms with Crippen molar-refractivity contribution in [2.24, 2.45) is 5.92 Å². The van der Waals surface area contributed by atoms with Gasteiger partial charge in [0.1, 0.15) is 0 Å². The average molecular weight is 196 g/mol. The second-order valence-corrected chi connectivity index (χ2v) is 4.37. The smallest absolute Gasteiger partial charge is 0.0265 e. The first kappa shape index (κ1) is 13.7. The molecule has 0 aromatic heterocycles. The van der Waals surface area contributed by atoms with Crippen molar-refractivity contribution in [1.82, 2.24) is 0 Å². The molecule has 0 heteroatoms.